The molecule has 0 unspecified atom stereocenters. The van der Waals surface area contributed by atoms with Gasteiger partial charge in [0.2, 0.25) is 11.8 Å². The molecule has 0 saturated carbocycles. The van der Waals surface area contributed by atoms with Crippen LogP contribution in [0.4, 0.5) is 0 Å². The summed E-state index contributed by atoms with van der Waals surface area (Å²) in [6.45, 7) is 4.04. The highest BCUT2D eigenvalue weighted by Crippen LogP contribution is 2.36. The molecule has 2 heterocycles. The standard InChI is InChI=1S/C20H18ClN5OS/c1-12-8-10-14(11-9-12)19-24-23-18(27-19)13(2)28-20-25-22-17(26(20)3)15-6-4-5-7-16(15)21/h4-11,13H,1-3H3/t13-/m0/s1. The van der Waals surface area contributed by atoms with Gasteiger partial charge in [0.1, 0.15) is 0 Å². The molecule has 0 aliphatic heterocycles. The van der Waals surface area contributed by atoms with Crippen molar-refractivity contribution in [3.8, 4) is 22.8 Å². The maximum Gasteiger partial charge on any atom is 0.247 e. The van der Waals surface area contributed by atoms with E-state index in [1.54, 1.807) is 0 Å². The first kappa shape index (κ1) is 18.7. The molecular weight excluding hydrogens is 394 g/mol. The lowest BCUT2D eigenvalue weighted by molar-refractivity contribution is 0.508. The Kier molecular flexibility index (Phi) is 5.19. The van der Waals surface area contributed by atoms with Crippen molar-refractivity contribution < 1.29 is 4.42 Å². The van der Waals surface area contributed by atoms with Crippen molar-refractivity contribution >= 4 is 23.4 Å². The van der Waals surface area contributed by atoms with Gasteiger partial charge in [0.05, 0.1) is 10.3 Å². The van der Waals surface area contributed by atoms with Crippen LogP contribution >= 0.6 is 23.4 Å². The Labute approximate surface area is 172 Å². The molecule has 142 valence electrons. The monoisotopic (exact) mass is 411 g/mol. The second-order valence-corrected chi connectivity index (χ2v) is 8.13. The van der Waals surface area contributed by atoms with Gasteiger partial charge >= 0.3 is 0 Å². The van der Waals surface area contributed by atoms with Crippen molar-refractivity contribution in [3.63, 3.8) is 0 Å². The first-order valence-corrected chi connectivity index (χ1v) is 10.00. The minimum absolute atomic E-state index is 0.0753. The summed E-state index contributed by atoms with van der Waals surface area (Å²) in [6.07, 6.45) is 0. The van der Waals surface area contributed by atoms with Crippen LogP contribution in [0.1, 0.15) is 23.6 Å². The normalized spacial score (nSPS) is 12.3. The Balaban J connectivity index is 1.54. The van der Waals surface area contributed by atoms with Gasteiger partial charge in [-0.15, -0.1) is 20.4 Å². The highest BCUT2D eigenvalue weighted by molar-refractivity contribution is 7.99. The van der Waals surface area contributed by atoms with Crippen molar-refractivity contribution in [2.45, 2.75) is 24.3 Å². The molecule has 0 spiro atoms. The molecule has 0 radical (unpaired) electrons. The Morgan fingerprint density at radius 3 is 2.50 bits per heavy atom. The zero-order valence-corrected chi connectivity index (χ0v) is 17.2. The molecule has 1 atom stereocenters. The fraction of sp³-hybridized carbons (Fsp3) is 0.200. The number of hydrogen-bond acceptors (Lipinski definition) is 6. The number of benzene rings is 2. The van der Waals surface area contributed by atoms with Crippen LogP contribution in [-0.4, -0.2) is 25.0 Å². The number of thioether (sulfide) groups is 1. The van der Waals surface area contributed by atoms with Crippen LogP contribution in [0.2, 0.25) is 5.02 Å². The maximum absolute atomic E-state index is 6.29. The van der Waals surface area contributed by atoms with E-state index in [1.807, 2.05) is 74.0 Å². The number of hydrogen-bond donors (Lipinski definition) is 0. The molecule has 0 fully saturated rings. The fourth-order valence-electron chi connectivity index (χ4n) is 2.71. The fourth-order valence-corrected chi connectivity index (χ4v) is 3.78. The second kappa shape index (κ2) is 7.77. The van der Waals surface area contributed by atoms with E-state index in [1.165, 1.54) is 17.3 Å². The highest BCUT2D eigenvalue weighted by Gasteiger charge is 2.21. The number of rotatable bonds is 5. The van der Waals surface area contributed by atoms with E-state index in [9.17, 15) is 0 Å². The number of nitrogens with zero attached hydrogens (tertiary/aromatic N) is 5. The summed E-state index contributed by atoms with van der Waals surface area (Å²) in [5.41, 5.74) is 2.93. The average Bonchev–Trinajstić information content (AvgIpc) is 3.31. The van der Waals surface area contributed by atoms with E-state index >= 15 is 0 Å². The highest BCUT2D eigenvalue weighted by atomic mass is 35.5. The minimum atomic E-state index is -0.0753. The van der Waals surface area contributed by atoms with Gasteiger partial charge in [0, 0.05) is 18.2 Å². The molecule has 0 bridgehead atoms. The summed E-state index contributed by atoms with van der Waals surface area (Å²) in [5.74, 6) is 1.77. The third kappa shape index (κ3) is 3.68. The molecule has 0 amide bonds. The molecule has 2 aromatic heterocycles. The third-order valence-electron chi connectivity index (χ3n) is 4.32. The van der Waals surface area contributed by atoms with Crippen molar-refractivity contribution in [2.24, 2.45) is 7.05 Å². The second-order valence-electron chi connectivity index (χ2n) is 6.42. The van der Waals surface area contributed by atoms with Crippen molar-refractivity contribution in [1.29, 1.82) is 0 Å². The Morgan fingerprint density at radius 2 is 1.75 bits per heavy atom. The Bertz CT molecular complexity index is 1110. The zero-order chi connectivity index (χ0) is 19.7. The van der Waals surface area contributed by atoms with Gasteiger partial charge in [-0.1, -0.05) is 53.2 Å². The van der Waals surface area contributed by atoms with Crippen LogP contribution in [0.15, 0.2) is 58.1 Å². The van der Waals surface area contributed by atoms with E-state index in [0.29, 0.717) is 22.6 Å². The van der Waals surface area contributed by atoms with Gasteiger partial charge in [-0.05, 0) is 38.1 Å². The zero-order valence-electron chi connectivity index (χ0n) is 15.6. The van der Waals surface area contributed by atoms with Crippen LogP contribution in [-0.2, 0) is 7.05 Å². The van der Waals surface area contributed by atoms with Gasteiger partial charge in [0.15, 0.2) is 11.0 Å². The lowest BCUT2D eigenvalue weighted by atomic mass is 10.1. The topological polar surface area (TPSA) is 69.6 Å². The lowest BCUT2D eigenvalue weighted by Gasteiger charge is -2.07. The van der Waals surface area contributed by atoms with Gasteiger partial charge < -0.3 is 8.98 Å². The number of halogens is 1. The molecule has 0 aliphatic carbocycles. The van der Waals surface area contributed by atoms with Crippen molar-refractivity contribution in [1.82, 2.24) is 25.0 Å². The third-order valence-corrected chi connectivity index (χ3v) is 5.77. The van der Waals surface area contributed by atoms with Crippen LogP contribution in [0.3, 0.4) is 0 Å². The van der Waals surface area contributed by atoms with Crippen LogP contribution < -0.4 is 0 Å². The predicted molar refractivity (Wildman–Crippen MR) is 110 cm³/mol. The molecule has 4 aromatic rings. The van der Waals surface area contributed by atoms with E-state index in [2.05, 4.69) is 20.4 Å². The summed E-state index contributed by atoms with van der Waals surface area (Å²) in [7, 11) is 1.92. The minimum Gasteiger partial charge on any atom is -0.419 e. The molecule has 0 saturated heterocycles. The molecule has 28 heavy (non-hydrogen) atoms. The quantitative estimate of drug-likeness (QED) is 0.412. The Morgan fingerprint density at radius 1 is 1.00 bits per heavy atom. The summed E-state index contributed by atoms with van der Waals surface area (Å²) in [5, 5.41) is 18.3. The summed E-state index contributed by atoms with van der Waals surface area (Å²) < 4.78 is 7.79. The van der Waals surface area contributed by atoms with E-state index in [-0.39, 0.29) is 5.25 Å². The SMILES string of the molecule is Cc1ccc(-c2nnc([C@H](C)Sc3nnc(-c4ccccc4Cl)n3C)o2)cc1. The number of aromatic nitrogens is 5. The van der Waals surface area contributed by atoms with Crippen LogP contribution in [0.25, 0.3) is 22.8 Å². The van der Waals surface area contributed by atoms with Crippen molar-refractivity contribution in [3.05, 3.63) is 65.0 Å². The van der Waals surface area contributed by atoms with Gasteiger partial charge in [-0.3, -0.25) is 0 Å². The molecular formula is C20H18ClN5OS. The maximum atomic E-state index is 6.29. The first-order valence-electron chi connectivity index (χ1n) is 8.74. The molecule has 8 heteroatoms. The van der Waals surface area contributed by atoms with Gasteiger partial charge in [-0.25, -0.2) is 0 Å². The summed E-state index contributed by atoms with van der Waals surface area (Å²) in [4.78, 5) is 0. The summed E-state index contributed by atoms with van der Waals surface area (Å²) >= 11 is 7.80. The van der Waals surface area contributed by atoms with Crippen LogP contribution in [0.5, 0.6) is 0 Å². The van der Waals surface area contributed by atoms with Crippen molar-refractivity contribution in [2.75, 3.05) is 0 Å². The molecule has 6 nitrogen and oxygen atoms in total. The van der Waals surface area contributed by atoms with E-state index in [0.717, 1.165) is 16.3 Å². The molecule has 4 rings (SSSR count). The molecule has 0 N–H and O–H groups in total. The van der Waals surface area contributed by atoms with Gasteiger partial charge in [0.25, 0.3) is 0 Å². The molecule has 0 aliphatic rings. The Hall–Kier alpha value is -2.64. The number of aryl methyl sites for hydroxylation is 1. The first-order chi connectivity index (χ1) is 13.5. The van der Waals surface area contributed by atoms with E-state index in [4.69, 9.17) is 16.0 Å². The lowest BCUT2D eigenvalue weighted by Crippen LogP contribution is -1.97. The molecule has 2 aromatic carbocycles. The smallest absolute Gasteiger partial charge is 0.247 e. The largest absolute Gasteiger partial charge is 0.419 e. The van der Waals surface area contributed by atoms with Gasteiger partial charge in [-0.2, -0.15) is 0 Å². The van der Waals surface area contributed by atoms with Crippen LogP contribution in [0, 0.1) is 6.92 Å². The average molecular weight is 412 g/mol. The summed E-state index contributed by atoms with van der Waals surface area (Å²) in [6, 6.07) is 15.6. The predicted octanol–water partition coefficient (Wildman–Crippen LogP) is 5.35. The van der Waals surface area contributed by atoms with E-state index < -0.39 is 0 Å².